The molecule has 2 atom stereocenters. The molecule has 0 bridgehead atoms. The second kappa shape index (κ2) is 5.75. The SMILES string of the molecule is CC(C)(C)c1nc(Br)cc(NCC2CCC(O)C2)n1. The number of halogens is 1. The number of anilines is 1. The van der Waals surface area contributed by atoms with Gasteiger partial charge in [0.2, 0.25) is 0 Å². The minimum Gasteiger partial charge on any atom is -0.393 e. The fourth-order valence-corrected chi connectivity index (χ4v) is 2.71. The molecule has 0 aliphatic heterocycles. The first kappa shape index (κ1) is 14.7. The molecule has 2 unspecified atom stereocenters. The number of nitrogens with zero attached hydrogens (tertiary/aromatic N) is 2. The summed E-state index contributed by atoms with van der Waals surface area (Å²) in [6.07, 6.45) is 2.79. The van der Waals surface area contributed by atoms with E-state index in [4.69, 9.17) is 0 Å². The number of hydrogen-bond donors (Lipinski definition) is 2. The molecule has 0 amide bonds. The molecular weight excluding hydrogens is 306 g/mol. The lowest BCUT2D eigenvalue weighted by atomic mass is 9.96. The van der Waals surface area contributed by atoms with Crippen molar-refractivity contribution in [2.24, 2.45) is 5.92 Å². The maximum atomic E-state index is 9.53. The molecule has 19 heavy (non-hydrogen) atoms. The largest absolute Gasteiger partial charge is 0.393 e. The van der Waals surface area contributed by atoms with Gasteiger partial charge in [-0.2, -0.15) is 0 Å². The van der Waals surface area contributed by atoms with Crippen LogP contribution >= 0.6 is 15.9 Å². The predicted molar refractivity (Wildman–Crippen MR) is 80.3 cm³/mol. The van der Waals surface area contributed by atoms with Crippen LogP contribution in [-0.4, -0.2) is 27.7 Å². The van der Waals surface area contributed by atoms with Gasteiger partial charge in [-0.3, -0.25) is 0 Å². The third-order valence-corrected chi connectivity index (χ3v) is 3.86. The van der Waals surface area contributed by atoms with Gasteiger partial charge in [-0.15, -0.1) is 0 Å². The Bertz CT molecular complexity index is 445. The van der Waals surface area contributed by atoms with Gasteiger partial charge >= 0.3 is 0 Å². The number of rotatable bonds is 3. The maximum Gasteiger partial charge on any atom is 0.137 e. The van der Waals surface area contributed by atoms with Crippen molar-refractivity contribution in [1.29, 1.82) is 0 Å². The van der Waals surface area contributed by atoms with Crippen molar-refractivity contribution < 1.29 is 5.11 Å². The van der Waals surface area contributed by atoms with Gasteiger partial charge in [-0.25, -0.2) is 9.97 Å². The molecule has 0 aromatic carbocycles. The quantitative estimate of drug-likeness (QED) is 0.837. The van der Waals surface area contributed by atoms with Gasteiger partial charge < -0.3 is 10.4 Å². The van der Waals surface area contributed by atoms with Gasteiger partial charge in [0.25, 0.3) is 0 Å². The van der Waals surface area contributed by atoms with Gasteiger partial charge in [0, 0.05) is 18.0 Å². The van der Waals surface area contributed by atoms with Gasteiger partial charge in [-0.1, -0.05) is 20.8 Å². The van der Waals surface area contributed by atoms with Gasteiger partial charge in [-0.05, 0) is 41.1 Å². The molecule has 0 saturated heterocycles. The van der Waals surface area contributed by atoms with E-state index >= 15 is 0 Å². The summed E-state index contributed by atoms with van der Waals surface area (Å²) < 4.78 is 0.807. The van der Waals surface area contributed by atoms with E-state index in [2.05, 4.69) is 52.0 Å². The van der Waals surface area contributed by atoms with E-state index in [9.17, 15) is 5.11 Å². The number of nitrogens with one attached hydrogen (secondary N) is 1. The first-order valence-corrected chi connectivity index (χ1v) is 7.61. The highest BCUT2D eigenvalue weighted by Crippen LogP contribution is 2.26. The normalized spacial score (nSPS) is 23.6. The maximum absolute atomic E-state index is 9.53. The van der Waals surface area contributed by atoms with E-state index in [0.717, 1.165) is 42.1 Å². The molecule has 0 spiro atoms. The van der Waals surface area contributed by atoms with Crippen molar-refractivity contribution in [3.63, 3.8) is 0 Å². The molecule has 4 nitrogen and oxygen atoms in total. The summed E-state index contributed by atoms with van der Waals surface area (Å²) in [7, 11) is 0. The van der Waals surface area contributed by atoms with Crippen LogP contribution in [0.15, 0.2) is 10.7 Å². The summed E-state index contributed by atoms with van der Waals surface area (Å²) in [5, 5.41) is 12.9. The van der Waals surface area contributed by atoms with Gasteiger partial charge in [0.1, 0.15) is 16.2 Å². The highest BCUT2D eigenvalue weighted by Gasteiger charge is 2.23. The summed E-state index contributed by atoms with van der Waals surface area (Å²) in [5.74, 6) is 2.23. The monoisotopic (exact) mass is 327 g/mol. The minimum absolute atomic E-state index is 0.0657. The standard InChI is InChI=1S/C14H22BrN3O/c1-14(2,3)13-17-11(15)7-12(18-13)16-8-9-4-5-10(19)6-9/h7,9-10,19H,4-6,8H2,1-3H3,(H,16,17,18). The average molecular weight is 328 g/mol. The highest BCUT2D eigenvalue weighted by atomic mass is 79.9. The molecule has 106 valence electrons. The van der Waals surface area contributed by atoms with Crippen LogP contribution in [0.4, 0.5) is 5.82 Å². The van der Waals surface area contributed by atoms with Crippen LogP contribution in [0.2, 0.25) is 0 Å². The molecule has 1 heterocycles. The zero-order valence-corrected chi connectivity index (χ0v) is 13.4. The van der Waals surface area contributed by atoms with E-state index in [1.165, 1.54) is 0 Å². The summed E-state index contributed by atoms with van der Waals surface area (Å²) in [5.41, 5.74) is -0.0657. The van der Waals surface area contributed by atoms with E-state index < -0.39 is 0 Å². The average Bonchev–Trinajstić information content (AvgIpc) is 2.71. The molecule has 2 rings (SSSR count). The molecule has 1 aliphatic rings. The smallest absolute Gasteiger partial charge is 0.137 e. The molecular formula is C14H22BrN3O. The molecule has 1 aromatic heterocycles. The van der Waals surface area contributed by atoms with Crippen molar-refractivity contribution >= 4 is 21.7 Å². The molecule has 5 heteroatoms. The van der Waals surface area contributed by atoms with Gasteiger partial charge in [0.05, 0.1) is 6.10 Å². The molecule has 1 aromatic rings. The first-order chi connectivity index (χ1) is 8.84. The Morgan fingerprint density at radius 2 is 2.11 bits per heavy atom. The predicted octanol–water partition coefficient (Wildman–Crippen LogP) is 3.11. The highest BCUT2D eigenvalue weighted by molar-refractivity contribution is 9.10. The Kier molecular flexibility index (Phi) is 4.46. The second-order valence-corrected chi connectivity index (χ2v) is 7.18. The summed E-state index contributed by atoms with van der Waals surface area (Å²) in [6, 6.07) is 1.90. The van der Waals surface area contributed by atoms with E-state index in [1.807, 2.05) is 6.07 Å². The topological polar surface area (TPSA) is 58.0 Å². The Morgan fingerprint density at radius 1 is 1.37 bits per heavy atom. The van der Waals surface area contributed by atoms with Crippen molar-refractivity contribution in [3.05, 3.63) is 16.5 Å². The number of aliphatic hydroxyl groups excluding tert-OH is 1. The lowest BCUT2D eigenvalue weighted by Crippen LogP contribution is -2.19. The van der Waals surface area contributed by atoms with Crippen molar-refractivity contribution in [1.82, 2.24) is 9.97 Å². The fraction of sp³-hybridized carbons (Fsp3) is 0.714. The summed E-state index contributed by atoms with van der Waals surface area (Å²) in [6.45, 7) is 7.17. The third kappa shape index (κ3) is 4.14. The van der Waals surface area contributed by atoms with Crippen molar-refractivity contribution in [3.8, 4) is 0 Å². The summed E-state index contributed by atoms with van der Waals surface area (Å²) >= 11 is 3.44. The van der Waals surface area contributed by atoms with Crippen LogP contribution in [0.3, 0.4) is 0 Å². The molecule has 1 aliphatic carbocycles. The molecule has 1 saturated carbocycles. The van der Waals surface area contributed by atoms with Crippen LogP contribution in [0.5, 0.6) is 0 Å². The first-order valence-electron chi connectivity index (χ1n) is 6.81. The lowest BCUT2D eigenvalue weighted by molar-refractivity contribution is 0.178. The fourth-order valence-electron chi connectivity index (χ4n) is 2.33. The zero-order chi connectivity index (χ0) is 14.0. The summed E-state index contributed by atoms with van der Waals surface area (Å²) in [4.78, 5) is 8.99. The Balaban J connectivity index is 2.02. The molecule has 1 fully saturated rings. The van der Waals surface area contributed by atoms with Crippen LogP contribution in [0, 0.1) is 5.92 Å². The minimum atomic E-state index is -0.117. The second-order valence-electron chi connectivity index (χ2n) is 6.36. The van der Waals surface area contributed by atoms with E-state index in [-0.39, 0.29) is 11.5 Å². The zero-order valence-electron chi connectivity index (χ0n) is 11.8. The number of aliphatic hydroxyl groups is 1. The van der Waals surface area contributed by atoms with E-state index in [0.29, 0.717) is 5.92 Å². The lowest BCUT2D eigenvalue weighted by Gasteiger charge is -2.18. The Morgan fingerprint density at radius 3 is 2.68 bits per heavy atom. The van der Waals surface area contributed by atoms with Crippen molar-refractivity contribution in [2.45, 2.75) is 51.6 Å². The van der Waals surface area contributed by atoms with E-state index in [1.54, 1.807) is 0 Å². The van der Waals surface area contributed by atoms with Crippen LogP contribution in [-0.2, 0) is 5.41 Å². The Labute approximate surface area is 123 Å². The molecule has 2 N–H and O–H groups in total. The van der Waals surface area contributed by atoms with Crippen LogP contribution < -0.4 is 5.32 Å². The number of hydrogen-bond acceptors (Lipinski definition) is 4. The Hall–Kier alpha value is -0.680. The number of aromatic nitrogens is 2. The third-order valence-electron chi connectivity index (χ3n) is 3.45. The van der Waals surface area contributed by atoms with Gasteiger partial charge in [0.15, 0.2) is 0 Å². The van der Waals surface area contributed by atoms with Crippen LogP contribution in [0.1, 0.15) is 45.9 Å². The molecule has 0 radical (unpaired) electrons. The van der Waals surface area contributed by atoms with Crippen LogP contribution in [0.25, 0.3) is 0 Å². The van der Waals surface area contributed by atoms with Crippen molar-refractivity contribution in [2.75, 3.05) is 11.9 Å².